The zero-order valence-corrected chi connectivity index (χ0v) is 11.5. The van der Waals surface area contributed by atoms with Crippen molar-refractivity contribution in [2.24, 2.45) is 0 Å². The summed E-state index contributed by atoms with van der Waals surface area (Å²) in [5.74, 6) is 0. The van der Waals surface area contributed by atoms with Crippen molar-refractivity contribution in [3.05, 3.63) is 51.8 Å². The molecule has 0 N–H and O–H groups in total. The number of rotatable bonds is 4. The van der Waals surface area contributed by atoms with Gasteiger partial charge in [0.05, 0.1) is 18.8 Å². The Hall–Kier alpha value is -2.45. The summed E-state index contributed by atoms with van der Waals surface area (Å²) in [4.78, 5) is 12.0. The third-order valence-electron chi connectivity index (χ3n) is 2.95. The number of nitriles is 1. The van der Waals surface area contributed by atoms with Gasteiger partial charge in [-0.05, 0) is 13.0 Å². The monoisotopic (exact) mass is 269 g/mol. The lowest BCUT2D eigenvalue weighted by Crippen LogP contribution is -2.27. The van der Waals surface area contributed by atoms with Crippen LogP contribution >= 0.6 is 0 Å². The predicted octanol–water partition coefficient (Wildman–Crippen LogP) is 1.74. The highest BCUT2D eigenvalue weighted by molar-refractivity contribution is 5.60. The van der Waals surface area contributed by atoms with Gasteiger partial charge in [0.1, 0.15) is 11.6 Å². The molecular weight excluding hydrogens is 254 g/mol. The Morgan fingerprint density at radius 2 is 2.05 bits per heavy atom. The van der Waals surface area contributed by atoms with E-state index in [9.17, 15) is 4.79 Å². The van der Waals surface area contributed by atoms with Gasteiger partial charge >= 0.3 is 0 Å². The van der Waals surface area contributed by atoms with E-state index in [0.717, 1.165) is 11.1 Å². The van der Waals surface area contributed by atoms with Crippen LogP contribution in [0.4, 0.5) is 0 Å². The van der Waals surface area contributed by atoms with Crippen molar-refractivity contribution in [2.45, 2.75) is 13.5 Å². The third-order valence-corrected chi connectivity index (χ3v) is 2.95. The fraction of sp³-hybridized carbons (Fsp3) is 0.267. The molecule has 5 nitrogen and oxygen atoms in total. The predicted molar refractivity (Wildman–Crippen MR) is 75.3 cm³/mol. The van der Waals surface area contributed by atoms with Crippen LogP contribution in [-0.2, 0) is 11.3 Å². The van der Waals surface area contributed by atoms with E-state index < -0.39 is 0 Å². The van der Waals surface area contributed by atoms with Crippen LogP contribution in [0.25, 0.3) is 11.3 Å². The van der Waals surface area contributed by atoms with Crippen molar-refractivity contribution >= 4 is 0 Å². The number of aromatic nitrogens is 2. The highest BCUT2D eigenvalue weighted by Crippen LogP contribution is 2.17. The molecule has 0 saturated carbocycles. The van der Waals surface area contributed by atoms with Gasteiger partial charge in [0.25, 0.3) is 5.56 Å². The van der Waals surface area contributed by atoms with Crippen molar-refractivity contribution in [1.29, 1.82) is 5.26 Å². The van der Waals surface area contributed by atoms with Crippen LogP contribution in [0, 0.1) is 18.3 Å². The Kier molecular flexibility index (Phi) is 4.28. The number of methoxy groups -OCH3 is 1. The summed E-state index contributed by atoms with van der Waals surface area (Å²) in [6.07, 6.45) is 0. The maximum atomic E-state index is 12.0. The lowest BCUT2D eigenvalue weighted by molar-refractivity contribution is 0.182. The Balaban J connectivity index is 2.51. The van der Waals surface area contributed by atoms with Crippen LogP contribution in [0.3, 0.4) is 0 Å². The van der Waals surface area contributed by atoms with E-state index in [0.29, 0.717) is 18.8 Å². The Morgan fingerprint density at radius 3 is 2.65 bits per heavy atom. The second-order valence-corrected chi connectivity index (χ2v) is 4.44. The van der Waals surface area contributed by atoms with E-state index in [1.807, 2.05) is 37.3 Å². The molecule has 0 aliphatic carbocycles. The summed E-state index contributed by atoms with van der Waals surface area (Å²) >= 11 is 0. The van der Waals surface area contributed by atoms with E-state index in [1.165, 1.54) is 10.7 Å². The average Bonchev–Trinajstić information content (AvgIpc) is 2.47. The molecule has 1 heterocycles. The Labute approximate surface area is 117 Å². The maximum absolute atomic E-state index is 12.0. The molecule has 2 rings (SSSR count). The minimum Gasteiger partial charge on any atom is -0.383 e. The molecule has 5 heteroatoms. The van der Waals surface area contributed by atoms with Gasteiger partial charge in [0.15, 0.2) is 0 Å². The smallest absolute Gasteiger partial charge is 0.284 e. The molecular formula is C15H15N3O2. The van der Waals surface area contributed by atoms with Gasteiger partial charge in [-0.2, -0.15) is 10.4 Å². The van der Waals surface area contributed by atoms with Gasteiger partial charge in [0, 0.05) is 12.7 Å². The summed E-state index contributed by atoms with van der Waals surface area (Å²) in [5.41, 5.74) is 2.32. The topological polar surface area (TPSA) is 67.9 Å². The third kappa shape index (κ3) is 2.92. The molecule has 0 atom stereocenters. The molecule has 0 aliphatic rings. The zero-order valence-electron chi connectivity index (χ0n) is 11.5. The van der Waals surface area contributed by atoms with Crippen LogP contribution in [0.5, 0.6) is 0 Å². The zero-order chi connectivity index (χ0) is 14.5. The summed E-state index contributed by atoms with van der Waals surface area (Å²) in [5, 5.41) is 13.4. The second kappa shape index (κ2) is 6.13. The number of hydrogen-bond acceptors (Lipinski definition) is 4. The van der Waals surface area contributed by atoms with Crippen molar-refractivity contribution in [3.63, 3.8) is 0 Å². The SMILES string of the molecule is COCCn1nc(-c2ccc(C)cc2)cc(C#N)c1=O. The Morgan fingerprint density at radius 1 is 1.35 bits per heavy atom. The standard InChI is InChI=1S/C15H15N3O2/c1-11-3-5-12(6-4-11)14-9-13(10-16)15(19)18(17-14)7-8-20-2/h3-6,9H,7-8H2,1-2H3. The van der Waals surface area contributed by atoms with E-state index in [4.69, 9.17) is 10.00 Å². The summed E-state index contributed by atoms with van der Waals surface area (Å²) in [7, 11) is 1.56. The van der Waals surface area contributed by atoms with Gasteiger partial charge in [-0.15, -0.1) is 0 Å². The molecule has 102 valence electrons. The Bertz CT molecular complexity index is 697. The number of aryl methyl sites for hydroxylation is 1. The van der Waals surface area contributed by atoms with E-state index in [1.54, 1.807) is 7.11 Å². The lowest BCUT2D eigenvalue weighted by atomic mass is 10.1. The normalized spacial score (nSPS) is 10.2. The molecule has 0 amide bonds. The van der Waals surface area contributed by atoms with Crippen molar-refractivity contribution < 1.29 is 4.74 Å². The van der Waals surface area contributed by atoms with Gasteiger partial charge < -0.3 is 4.74 Å². The fourth-order valence-corrected chi connectivity index (χ4v) is 1.82. The number of nitrogens with zero attached hydrogens (tertiary/aromatic N) is 3. The number of hydrogen-bond donors (Lipinski definition) is 0. The molecule has 0 fully saturated rings. The molecule has 0 bridgehead atoms. The fourth-order valence-electron chi connectivity index (χ4n) is 1.82. The first-order valence-electron chi connectivity index (χ1n) is 6.24. The van der Waals surface area contributed by atoms with Gasteiger partial charge in [-0.3, -0.25) is 4.79 Å². The van der Waals surface area contributed by atoms with Crippen molar-refractivity contribution in [1.82, 2.24) is 9.78 Å². The van der Waals surface area contributed by atoms with Gasteiger partial charge in [-0.25, -0.2) is 4.68 Å². The van der Waals surface area contributed by atoms with E-state index in [2.05, 4.69) is 5.10 Å². The van der Waals surface area contributed by atoms with Crippen LogP contribution in [0.2, 0.25) is 0 Å². The van der Waals surface area contributed by atoms with Crippen LogP contribution in [0.15, 0.2) is 35.1 Å². The first kappa shape index (κ1) is 14.0. The molecule has 1 aromatic carbocycles. The molecule has 0 aliphatic heterocycles. The van der Waals surface area contributed by atoms with Gasteiger partial charge in [-0.1, -0.05) is 29.8 Å². The van der Waals surface area contributed by atoms with Crippen molar-refractivity contribution in [2.75, 3.05) is 13.7 Å². The first-order chi connectivity index (χ1) is 9.65. The summed E-state index contributed by atoms with van der Waals surface area (Å²) in [6, 6.07) is 11.2. The minimum atomic E-state index is -0.389. The molecule has 0 unspecified atom stereocenters. The summed E-state index contributed by atoms with van der Waals surface area (Å²) in [6.45, 7) is 2.69. The summed E-state index contributed by atoms with van der Waals surface area (Å²) < 4.78 is 6.23. The quantitative estimate of drug-likeness (QED) is 0.847. The van der Waals surface area contributed by atoms with Crippen LogP contribution in [0.1, 0.15) is 11.1 Å². The molecule has 0 spiro atoms. The second-order valence-electron chi connectivity index (χ2n) is 4.44. The number of benzene rings is 1. The molecule has 2 aromatic rings. The first-order valence-corrected chi connectivity index (χ1v) is 6.24. The number of ether oxygens (including phenoxy) is 1. The van der Waals surface area contributed by atoms with Crippen LogP contribution < -0.4 is 5.56 Å². The average molecular weight is 269 g/mol. The molecule has 0 radical (unpaired) electrons. The molecule has 20 heavy (non-hydrogen) atoms. The lowest BCUT2D eigenvalue weighted by Gasteiger charge is -2.08. The highest BCUT2D eigenvalue weighted by atomic mass is 16.5. The molecule has 1 aromatic heterocycles. The van der Waals surface area contributed by atoms with E-state index >= 15 is 0 Å². The molecule has 0 saturated heterocycles. The largest absolute Gasteiger partial charge is 0.383 e. The highest BCUT2D eigenvalue weighted by Gasteiger charge is 2.09. The van der Waals surface area contributed by atoms with Crippen LogP contribution in [-0.4, -0.2) is 23.5 Å². The van der Waals surface area contributed by atoms with Crippen molar-refractivity contribution in [3.8, 4) is 17.3 Å². The maximum Gasteiger partial charge on any atom is 0.284 e. The van der Waals surface area contributed by atoms with E-state index in [-0.39, 0.29) is 11.1 Å². The van der Waals surface area contributed by atoms with Gasteiger partial charge in [0.2, 0.25) is 0 Å². The minimum absolute atomic E-state index is 0.0895.